The predicted molar refractivity (Wildman–Crippen MR) is 74.3 cm³/mol. The van der Waals surface area contributed by atoms with E-state index in [1.807, 2.05) is 6.07 Å². The standard InChI is InChI=1S/C15H14F6N2O2/c1-2-23(9-3-8-22)12(24)10-4-6-11(7-5-10)13(25,14(16,17)18)15(19,20)21/h4-7,25H,2-3,9H2,1H3. The molecule has 0 unspecified atom stereocenters. The maximum atomic E-state index is 12.8. The number of carbonyl (C=O) groups is 1. The molecule has 0 aliphatic rings. The molecule has 0 saturated carbocycles. The number of nitrogens with zero attached hydrogens (tertiary/aromatic N) is 2. The zero-order valence-electron chi connectivity index (χ0n) is 12.9. The van der Waals surface area contributed by atoms with Crippen molar-refractivity contribution >= 4 is 5.91 Å². The fourth-order valence-electron chi connectivity index (χ4n) is 2.11. The van der Waals surface area contributed by atoms with Crippen LogP contribution in [-0.2, 0) is 5.60 Å². The first kappa shape index (κ1) is 20.8. The largest absolute Gasteiger partial charge is 0.430 e. The summed E-state index contributed by atoms with van der Waals surface area (Å²) in [4.78, 5) is 13.4. The van der Waals surface area contributed by atoms with Gasteiger partial charge in [0.15, 0.2) is 0 Å². The zero-order chi connectivity index (χ0) is 19.5. The molecule has 25 heavy (non-hydrogen) atoms. The second-order valence-electron chi connectivity index (χ2n) is 5.08. The molecule has 10 heteroatoms. The van der Waals surface area contributed by atoms with E-state index in [9.17, 15) is 36.2 Å². The number of halogens is 6. The van der Waals surface area contributed by atoms with Gasteiger partial charge in [0.2, 0.25) is 0 Å². The average Bonchev–Trinajstić information content (AvgIpc) is 2.52. The van der Waals surface area contributed by atoms with Crippen LogP contribution < -0.4 is 0 Å². The molecule has 1 N–H and O–H groups in total. The Morgan fingerprint density at radius 3 is 1.96 bits per heavy atom. The monoisotopic (exact) mass is 368 g/mol. The summed E-state index contributed by atoms with van der Waals surface area (Å²) in [5.41, 5.74) is -6.63. The third-order valence-electron chi connectivity index (χ3n) is 3.53. The maximum Gasteiger partial charge on any atom is 0.430 e. The minimum absolute atomic E-state index is 0.0273. The Bertz CT molecular complexity index is 632. The molecule has 0 saturated heterocycles. The lowest BCUT2D eigenvalue weighted by Gasteiger charge is -2.32. The van der Waals surface area contributed by atoms with Gasteiger partial charge in [-0.15, -0.1) is 0 Å². The molecule has 1 rings (SSSR count). The van der Waals surface area contributed by atoms with Crippen LogP contribution in [-0.4, -0.2) is 41.4 Å². The topological polar surface area (TPSA) is 64.3 Å². The third kappa shape index (κ3) is 4.04. The van der Waals surface area contributed by atoms with E-state index in [-0.39, 0.29) is 25.1 Å². The fourth-order valence-corrected chi connectivity index (χ4v) is 2.11. The minimum Gasteiger partial charge on any atom is -0.369 e. The van der Waals surface area contributed by atoms with E-state index >= 15 is 0 Å². The predicted octanol–water partition coefficient (Wildman–Crippen LogP) is 3.37. The number of rotatable bonds is 5. The highest BCUT2D eigenvalue weighted by Gasteiger charge is 2.71. The lowest BCUT2D eigenvalue weighted by molar-refractivity contribution is -0.376. The summed E-state index contributed by atoms with van der Waals surface area (Å²) in [6.45, 7) is 1.88. The molecule has 0 fully saturated rings. The maximum absolute atomic E-state index is 12.8. The molecule has 0 radical (unpaired) electrons. The van der Waals surface area contributed by atoms with E-state index in [1.165, 1.54) is 4.90 Å². The van der Waals surface area contributed by atoms with E-state index in [2.05, 4.69) is 0 Å². The summed E-state index contributed by atoms with van der Waals surface area (Å²) in [6.07, 6.45) is -11.9. The number of aliphatic hydroxyl groups is 1. The highest BCUT2D eigenvalue weighted by Crippen LogP contribution is 2.49. The third-order valence-corrected chi connectivity index (χ3v) is 3.53. The first-order valence-electron chi connectivity index (χ1n) is 7.02. The molecule has 0 aliphatic carbocycles. The molecule has 1 aromatic rings. The van der Waals surface area contributed by atoms with Gasteiger partial charge < -0.3 is 10.0 Å². The summed E-state index contributed by atoms with van der Waals surface area (Å²) in [5, 5.41) is 17.8. The lowest BCUT2D eigenvalue weighted by Crippen LogP contribution is -2.53. The molecule has 1 amide bonds. The first-order valence-corrected chi connectivity index (χ1v) is 7.02. The van der Waals surface area contributed by atoms with Crippen molar-refractivity contribution in [2.75, 3.05) is 13.1 Å². The highest BCUT2D eigenvalue weighted by molar-refractivity contribution is 5.94. The van der Waals surface area contributed by atoms with Gasteiger partial charge in [-0.25, -0.2) is 0 Å². The molecule has 0 bridgehead atoms. The van der Waals surface area contributed by atoms with Crippen molar-refractivity contribution in [1.82, 2.24) is 4.90 Å². The molecule has 0 aromatic heterocycles. The van der Waals surface area contributed by atoms with Crippen molar-refractivity contribution < 1.29 is 36.2 Å². The van der Waals surface area contributed by atoms with Crippen LogP contribution in [0, 0.1) is 11.3 Å². The Kier molecular flexibility index (Phi) is 6.07. The number of alkyl halides is 6. The van der Waals surface area contributed by atoms with Crippen LogP contribution in [0.4, 0.5) is 26.3 Å². The van der Waals surface area contributed by atoms with E-state index < -0.39 is 29.4 Å². The number of amides is 1. The van der Waals surface area contributed by atoms with Crippen LogP contribution in [0.3, 0.4) is 0 Å². The summed E-state index contributed by atoms with van der Waals surface area (Å²) < 4.78 is 76.7. The van der Waals surface area contributed by atoms with Gasteiger partial charge in [0.05, 0.1) is 12.5 Å². The summed E-state index contributed by atoms with van der Waals surface area (Å²) in [6, 6.07) is 4.19. The van der Waals surface area contributed by atoms with Crippen molar-refractivity contribution in [2.24, 2.45) is 0 Å². The van der Waals surface area contributed by atoms with Crippen molar-refractivity contribution in [1.29, 1.82) is 5.26 Å². The molecule has 0 aliphatic heterocycles. The number of carbonyl (C=O) groups excluding carboxylic acids is 1. The van der Waals surface area contributed by atoms with Crippen molar-refractivity contribution in [3.63, 3.8) is 0 Å². The summed E-state index contributed by atoms with van der Waals surface area (Å²) in [7, 11) is 0. The van der Waals surface area contributed by atoms with Crippen LogP contribution in [0.15, 0.2) is 24.3 Å². The number of nitriles is 1. The quantitative estimate of drug-likeness (QED) is 0.811. The molecule has 0 heterocycles. The fraction of sp³-hybridized carbons (Fsp3) is 0.467. The van der Waals surface area contributed by atoms with E-state index in [0.717, 1.165) is 12.1 Å². The van der Waals surface area contributed by atoms with E-state index in [0.29, 0.717) is 12.1 Å². The molecular formula is C15H14F6N2O2. The normalized spacial score (nSPS) is 12.6. The number of benzene rings is 1. The Morgan fingerprint density at radius 2 is 1.60 bits per heavy atom. The molecule has 0 atom stereocenters. The van der Waals surface area contributed by atoms with Crippen LogP contribution in [0.1, 0.15) is 29.3 Å². The Hall–Kier alpha value is -2.28. The first-order chi connectivity index (χ1) is 11.4. The van der Waals surface area contributed by atoms with Crippen LogP contribution in [0.2, 0.25) is 0 Å². The van der Waals surface area contributed by atoms with Crippen molar-refractivity contribution in [3.8, 4) is 6.07 Å². The van der Waals surface area contributed by atoms with Crippen molar-refractivity contribution in [2.45, 2.75) is 31.3 Å². The molecule has 1 aromatic carbocycles. The second-order valence-corrected chi connectivity index (χ2v) is 5.08. The van der Waals surface area contributed by atoms with Crippen LogP contribution in [0.25, 0.3) is 0 Å². The Morgan fingerprint density at radius 1 is 1.12 bits per heavy atom. The zero-order valence-corrected chi connectivity index (χ0v) is 12.9. The Labute approximate surface area is 139 Å². The van der Waals surface area contributed by atoms with E-state index in [1.54, 1.807) is 6.92 Å². The molecule has 0 spiro atoms. The van der Waals surface area contributed by atoms with Gasteiger partial charge in [0, 0.05) is 24.2 Å². The van der Waals surface area contributed by atoms with Crippen molar-refractivity contribution in [3.05, 3.63) is 35.4 Å². The molecule has 4 nitrogen and oxygen atoms in total. The van der Waals surface area contributed by atoms with Gasteiger partial charge in [0.1, 0.15) is 0 Å². The minimum atomic E-state index is -5.99. The summed E-state index contributed by atoms with van der Waals surface area (Å²) >= 11 is 0. The van der Waals surface area contributed by atoms with Gasteiger partial charge >= 0.3 is 12.4 Å². The smallest absolute Gasteiger partial charge is 0.369 e. The van der Waals surface area contributed by atoms with Crippen LogP contribution >= 0.6 is 0 Å². The number of hydrogen-bond donors (Lipinski definition) is 1. The SMILES string of the molecule is CCN(CCC#N)C(=O)c1ccc(C(O)(C(F)(F)F)C(F)(F)F)cc1. The Balaban J connectivity index is 3.21. The van der Waals surface area contributed by atoms with Gasteiger partial charge in [-0.3, -0.25) is 4.79 Å². The second kappa shape index (κ2) is 7.31. The molecule has 138 valence electrons. The number of hydrogen-bond acceptors (Lipinski definition) is 3. The van der Waals surface area contributed by atoms with Gasteiger partial charge in [-0.2, -0.15) is 31.6 Å². The van der Waals surface area contributed by atoms with Gasteiger partial charge in [0.25, 0.3) is 11.5 Å². The van der Waals surface area contributed by atoms with Gasteiger partial charge in [-0.05, 0) is 19.1 Å². The lowest BCUT2D eigenvalue weighted by atomic mass is 9.91. The summed E-state index contributed by atoms with van der Waals surface area (Å²) in [5.74, 6) is -0.646. The highest BCUT2D eigenvalue weighted by atomic mass is 19.4. The average molecular weight is 368 g/mol. The molecular weight excluding hydrogens is 354 g/mol. The van der Waals surface area contributed by atoms with Crippen LogP contribution in [0.5, 0.6) is 0 Å². The van der Waals surface area contributed by atoms with E-state index in [4.69, 9.17) is 5.26 Å². The van der Waals surface area contributed by atoms with Gasteiger partial charge in [-0.1, -0.05) is 12.1 Å².